The van der Waals surface area contributed by atoms with Crippen molar-refractivity contribution in [2.45, 2.75) is 53.2 Å². The molecule has 0 bridgehead atoms. The Hall–Kier alpha value is -2.70. The fourth-order valence-electron chi connectivity index (χ4n) is 3.19. The minimum Gasteiger partial charge on any atom is -0.497 e. The zero-order valence-electron chi connectivity index (χ0n) is 18.7. The van der Waals surface area contributed by atoms with Crippen LogP contribution in [0.4, 0.5) is 0 Å². The summed E-state index contributed by atoms with van der Waals surface area (Å²) in [7, 11) is 3.63. The zero-order chi connectivity index (χ0) is 21.4. The van der Waals surface area contributed by atoms with E-state index in [9.17, 15) is 0 Å². The van der Waals surface area contributed by atoms with Gasteiger partial charge in [-0.15, -0.1) is 0 Å². The molecule has 1 heterocycles. The summed E-state index contributed by atoms with van der Waals surface area (Å²) in [6.07, 6.45) is 0.835. The van der Waals surface area contributed by atoms with E-state index < -0.39 is 0 Å². The van der Waals surface area contributed by atoms with Crippen LogP contribution in [0.2, 0.25) is 0 Å². The summed E-state index contributed by atoms with van der Waals surface area (Å²) in [6, 6.07) is 7.84. The highest BCUT2D eigenvalue weighted by Crippen LogP contribution is 2.20. The minimum atomic E-state index is -0.0596. The number of guanidine groups is 1. The predicted octanol–water partition coefficient (Wildman–Crippen LogP) is 3.00. The summed E-state index contributed by atoms with van der Waals surface area (Å²) in [5, 5.41) is 11.3. The first-order chi connectivity index (χ1) is 13.8. The number of nitrogens with zero attached hydrogens (tertiary/aromatic N) is 3. The third kappa shape index (κ3) is 6.69. The van der Waals surface area contributed by atoms with E-state index in [-0.39, 0.29) is 12.1 Å². The summed E-state index contributed by atoms with van der Waals surface area (Å²) in [6.45, 7) is 11.8. The number of rotatable bonds is 9. The summed E-state index contributed by atoms with van der Waals surface area (Å²) >= 11 is 0. The van der Waals surface area contributed by atoms with Crippen LogP contribution in [0.1, 0.15) is 37.7 Å². The van der Waals surface area contributed by atoms with Crippen molar-refractivity contribution in [2.24, 2.45) is 12.0 Å². The van der Waals surface area contributed by atoms with E-state index >= 15 is 0 Å². The number of nitrogens with one attached hydrogen (secondary N) is 2. The number of aliphatic imine (C=N–C) groups is 1. The topological polar surface area (TPSA) is 72.7 Å². The first-order valence-corrected chi connectivity index (χ1v) is 10.2. The molecule has 160 valence electrons. The van der Waals surface area contributed by atoms with Crippen LogP contribution >= 0.6 is 0 Å². The van der Waals surface area contributed by atoms with Crippen molar-refractivity contribution in [3.8, 4) is 11.5 Å². The molecule has 2 N–H and O–H groups in total. The molecule has 1 aromatic heterocycles. The fourth-order valence-corrected chi connectivity index (χ4v) is 3.19. The monoisotopic (exact) mass is 401 g/mol. The van der Waals surface area contributed by atoms with E-state index in [2.05, 4.69) is 43.4 Å². The van der Waals surface area contributed by atoms with Gasteiger partial charge in [-0.25, -0.2) is 4.99 Å². The standard InChI is InChI=1S/C22H35N5O2/c1-8-23-22(25-15(2)12-21-17(4)26-27(6)18(21)5)24-14-16(3)29-20-11-9-10-19(13-20)28-7/h9-11,13,15-16H,8,12,14H2,1-7H3,(H2,23,24,25). The second kappa shape index (κ2) is 10.7. The van der Waals surface area contributed by atoms with Crippen LogP contribution in [-0.2, 0) is 13.5 Å². The molecule has 29 heavy (non-hydrogen) atoms. The molecule has 0 saturated heterocycles. The van der Waals surface area contributed by atoms with Gasteiger partial charge in [0.05, 0.1) is 19.3 Å². The SMILES string of the molecule is CCNC(=NCC(C)Oc1cccc(OC)c1)NC(C)Cc1c(C)nn(C)c1C. The smallest absolute Gasteiger partial charge is 0.191 e. The first kappa shape index (κ1) is 22.6. The van der Waals surface area contributed by atoms with Gasteiger partial charge in [0.1, 0.15) is 17.6 Å². The zero-order valence-corrected chi connectivity index (χ0v) is 18.7. The van der Waals surface area contributed by atoms with Crippen LogP contribution in [-0.4, -0.2) is 48.1 Å². The number of methoxy groups -OCH3 is 1. The van der Waals surface area contributed by atoms with Gasteiger partial charge in [0.2, 0.25) is 0 Å². The maximum absolute atomic E-state index is 5.97. The van der Waals surface area contributed by atoms with Crippen molar-refractivity contribution in [3.05, 3.63) is 41.2 Å². The van der Waals surface area contributed by atoms with Crippen molar-refractivity contribution in [1.29, 1.82) is 0 Å². The summed E-state index contributed by atoms with van der Waals surface area (Å²) in [5.41, 5.74) is 3.58. The Kier molecular flexibility index (Phi) is 8.36. The minimum absolute atomic E-state index is 0.0596. The maximum Gasteiger partial charge on any atom is 0.191 e. The van der Waals surface area contributed by atoms with E-state index in [1.165, 1.54) is 11.3 Å². The first-order valence-electron chi connectivity index (χ1n) is 10.2. The van der Waals surface area contributed by atoms with Crippen LogP contribution in [0.15, 0.2) is 29.3 Å². The highest BCUT2D eigenvalue weighted by atomic mass is 16.5. The molecule has 0 fully saturated rings. The second-order valence-corrected chi connectivity index (χ2v) is 7.35. The van der Waals surface area contributed by atoms with E-state index in [4.69, 9.17) is 14.5 Å². The van der Waals surface area contributed by atoms with E-state index in [1.807, 2.05) is 42.9 Å². The van der Waals surface area contributed by atoms with Gasteiger partial charge in [0.25, 0.3) is 0 Å². The van der Waals surface area contributed by atoms with Crippen LogP contribution in [0, 0.1) is 13.8 Å². The lowest BCUT2D eigenvalue weighted by molar-refractivity contribution is 0.229. The number of ether oxygens (including phenoxy) is 2. The Morgan fingerprint density at radius 1 is 1.24 bits per heavy atom. The van der Waals surface area contributed by atoms with E-state index in [0.717, 1.165) is 36.1 Å². The maximum atomic E-state index is 5.97. The van der Waals surface area contributed by atoms with Crippen molar-refractivity contribution >= 4 is 5.96 Å². The molecule has 0 aliphatic heterocycles. The van der Waals surface area contributed by atoms with Gasteiger partial charge in [-0.1, -0.05) is 6.07 Å². The summed E-state index contributed by atoms with van der Waals surface area (Å²) < 4.78 is 13.1. The lowest BCUT2D eigenvalue weighted by atomic mass is 10.1. The average Bonchev–Trinajstić information content (AvgIpc) is 2.92. The number of hydrogen-bond acceptors (Lipinski definition) is 4. The molecule has 0 saturated carbocycles. The van der Waals surface area contributed by atoms with Gasteiger partial charge < -0.3 is 20.1 Å². The van der Waals surface area contributed by atoms with Gasteiger partial charge in [-0.3, -0.25) is 4.68 Å². The van der Waals surface area contributed by atoms with Crippen molar-refractivity contribution < 1.29 is 9.47 Å². The third-order valence-electron chi connectivity index (χ3n) is 4.78. The Morgan fingerprint density at radius 3 is 2.59 bits per heavy atom. The Bertz CT molecular complexity index is 816. The van der Waals surface area contributed by atoms with Gasteiger partial charge in [-0.2, -0.15) is 5.10 Å². The van der Waals surface area contributed by atoms with Gasteiger partial charge >= 0.3 is 0 Å². The molecule has 2 unspecified atom stereocenters. The number of aromatic nitrogens is 2. The summed E-state index contributed by atoms with van der Waals surface area (Å²) in [5.74, 6) is 2.35. The third-order valence-corrected chi connectivity index (χ3v) is 4.78. The highest BCUT2D eigenvalue weighted by molar-refractivity contribution is 5.80. The normalized spacial score (nSPS) is 13.7. The lowest BCUT2D eigenvalue weighted by Crippen LogP contribution is -2.43. The number of aryl methyl sites for hydroxylation is 2. The molecular formula is C22H35N5O2. The Balaban J connectivity index is 1.95. The van der Waals surface area contributed by atoms with Crippen molar-refractivity contribution in [1.82, 2.24) is 20.4 Å². The lowest BCUT2D eigenvalue weighted by Gasteiger charge is -2.19. The fraction of sp³-hybridized carbons (Fsp3) is 0.545. The van der Waals surface area contributed by atoms with Crippen molar-refractivity contribution in [3.63, 3.8) is 0 Å². The van der Waals surface area contributed by atoms with Gasteiger partial charge in [0, 0.05) is 31.4 Å². The molecule has 0 aliphatic rings. The number of hydrogen-bond donors (Lipinski definition) is 2. The van der Waals surface area contributed by atoms with Gasteiger partial charge in [0.15, 0.2) is 5.96 Å². The molecular weight excluding hydrogens is 366 g/mol. The quantitative estimate of drug-likeness (QED) is 0.499. The predicted molar refractivity (Wildman–Crippen MR) is 118 cm³/mol. The van der Waals surface area contributed by atoms with Crippen molar-refractivity contribution in [2.75, 3.05) is 20.2 Å². The van der Waals surface area contributed by atoms with E-state index in [0.29, 0.717) is 6.54 Å². The average molecular weight is 402 g/mol. The molecule has 0 amide bonds. The molecule has 0 radical (unpaired) electrons. The molecule has 2 aromatic rings. The molecule has 2 rings (SSSR count). The van der Waals surface area contributed by atoms with E-state index in [1.54, 1.807) is 7.11 Å². The largest absolute Gasteiger partial charge is 0.497 e. The Labute approximate surface area is 174 Å². The van der Waals surface area contributed by atoms with Crippen LogP contribution < -0.4 is 20.1 Å². The second-order valence-electron chi connectivity index (χ2n) is 7.35. The summed E-state index contributed by atoms with van der Waals surface area (Å²) in [4.78, 5) is 4.70. The number of benzene rings is 1. The molecule has 0 aliphatic carbocycles. The van der Waals surface area contributed by atoms with Crippen LogP contribution in [0.3, 0.4) is 0 Å². The highest BCUT2D eigenvalue weighted by Gasteiger charge is 2.14. The molecule has 1 aromatic carbocycles. The van der Waals surface area contributed by atoms with Crippen LogP contribution in [0.5, 0.6) is 11.5 Å². The molecule has 7 heteroatoms. The Morgan fingerprint density at radius 2 is 1.97 bits per heavy atom. The molecule has 2 atom stereocenters. The molecule has 7 nitrogen and oxygen atoms in total. The van der Waals surface area contributed by atoms with Crippen LogP contribution in [0.25, 0.3) is 0 Å². The van der Waals surface area contributed by atoms with Gasteiger partial charge in [-0.05, 0) is 58.7 Å². The molecule has 0 spiro atoms.